The average Bonchev–Trinajstić information content (AvgIpc) is 2.60. The lowest BCUT2D eigenvalue weighted by Gasteiger charge is -2.51. The molecule has 3 saturated carbocycles. The maximum atomic E-state index is 11.9. The second-order valence-corrected chi connectivity index (χ2v) is 8.31. The molecule has 5 aliphatic rings. The van der Waals surface area contributed by atoms with Gasteiger partial charge in [-0.25, -0.2) is 0 Å². The van der Waals surface area contributed by atoms with Crippen LogP contribution in [0.25, 0.3) is 0 Å². The number of rotatable bonds is 0. The van der Waals surface area contributed by atoms with Crippen LogP contribution < -0.4 is 0 Å². The Balaban J connectivity index is 1.47. The molecule has 3 fully saturated rings. The van der Waals surface area contributed by atoms with Crippen LogP contribution in [0.5, 0.6) is 0 Å². The van der Waals surface area contributed by atoms with Crippen molar-refractivity contribution >= 4 is 11.6 Å². The van der Waals surface area contributed by atoms with Crippen molar-refractivity contribution in [3.05, 3.63) is 47.1 Å². The van der Waals surface area contributed by atoms with E-state index >= 15 is 0 Å². The Kier molecular flexibility index (Phi) is 3.29. The molecule has 2 nitrogen and oxygen atoms in total. The van der Waals surface area contributed by atoms with Gasteiger partial charge in [-0.05, 0) is 79.1 Å². The Morgan fingerprint density at radius 2 is 1.79 bits per heavy atom. The summed E-state index contributed by atoms with van der Waals surface area (Å²) in [5.41, 5.74) is 4.08. The van der Waals surface area contributed by atoms with E-state index in [1.54, 1.807) is 11.6 Å². The van der Waals surface area contributed by atoms with E-state index in [9.17, 15) is 9.59 Å². The van der Waals surface area contributed by atoms with Gasteiger partial charge in [0.05, 0.1) is 0 Å². The van der Waals surface area contributed by atoms with E-state index in [2.05, 4.69) is 12.2 Å². The molecule has 0 bridgehead atoms. The molecule has 0 aromatic rings. The second kappa shape index (κ2) is 5.40. The van der Waals surface area contributed by atoms with Crippen molar-refractivity contribution in [2.24, 2.45) is 29.6 Å². The van der Waals surface area contributed by atoms with Crippen LogP contribution in [-0.2, 0) is 9.59 Å². The van der Waals surface area contributed by atoms with E-state index in [0.717, 1.165) is 31.1 Å². The largest absolute Gasteiger partial charge is 0.300 e. The number of hydrogen-bond donors (Lipinski definition) is 0. The third-order valence-electron chi connectivity index (χ3n) is 7.28. The van der Waals surface area contributed by atoms with Gasteiger partial charge in [0.25, 0.3) is 0 Å². The third-order valence-corrected chi connectivity index (χ3v) is 7.28. The molecule has 2 heteroatoms. The van der Waals surface area contributed by atoms with Crippen LogP contribution in [0.15, 0.2) is 47.1 Å². The van der Waals surface area contributed by atoms with Crippen molar-refractivity contribution in [2.75, 3.05) is 0 Å². The monoisotopic (exact) mass is 320 g/mol. The minimum atomic E-state index is 0.139. The molecule has 0 radical (unpaired) electrons. The summed E-state index contributed by atoms with van der Waals surface area (Å²) in [5.74, 6) is 3.95. The minimum Gasteiger partial charge on any atom is -0.300 e. The first-order chi connectivity index (χ1) is 11.7. The van der Waals surface area contributed by atoms with Gasteiger partial charge in [0.2, 0.25) is 0 Å². The molecule has 0 aromatic carbocycles. The van der Waals surface area contributed by atoms with Crippen molar-refractivity contribution < 1.29 is 9.59 Å². The summed E-state index contributed by atoms with van der Waals surface area (Å²) in [6, 6.07) is 0. The third kappa shape index (κ3) is 2.15. The first kappa shape index (κ1) is 14.6. The average molecular weight is 320 g/mol. The van der Waals surface area contributed by atoms with Gasteiger partial charge in [0.1, 0.15) is 5.78 Å². The maximum Gasteiger partial charge on any atom is 0.178 e. The van der Waals surface area contributed by atoms with E-state index in [0.29, 0.717) is 23.5 Å². The molecule has 0 saturated heterocycles. The predicted octanol–water partition coefficient (Wildman–Crippen LogP) is 4.34. The lowest BCUT2D eigenvalue weighted by atomic mass is 9.53. The van der Waals surface area contributed by atoms with Gasteiger partial charge in [0, 0.05) is 18.8 Å². The van der Waals surface area contributed by atoms with Crippen LogP contribution in [-0.4, -0.2) is 11.6 Å². The molecule has 0 heterocycles. The smallest absolute Gasteiger partial charge is 0.178 e. The fraction of sp³-hybridized carbons (Fsp3) is 0.545. The van der Waals surface area contributed by atoms with Crippen LogP contribution in [0, 0.1) is 29.6 Å². The molecule has 0 aliphatic heterocycles. The van der Waals surface area contributed by atoms with Crippen LogP contribution in [0.3, 0.4) is 0 Å². The molecule has 5 unspecified atom stereocenters. The topological polar surface area (TPSA) is 34.1 Å². The van der Waals surface area contributed by atoms with Crippen LogP contribution in [0.1, 0.15) is 44.9 Å². The Bertz CT molecular complexity index is 733. The fourth-order valence-corrected chi connectivity index (χ4v) is 6.28. The molecule has 5 aliphatic carbocycles. The SMILES string of the molecule is O=C1C=CC2=CC=C3C(CCC4C3CCC3CC(=O)CCC34)C2=C1. The maximum absolute atomic E-state index is 11.9. The number of hydrogen-bond acceptors (Lipinski definition) is 2. The number of allylic oxidation sites excluding steroid dienone is 8. The highest BCUT2D eigenvalue weighted by Crippen LogP contribution is 2.56. The van der Waals surface area contributed by atoms with E-state index in [4.69, 9.17) is 0 Å². The molecule has 0 amide bonds. The highest BCUT2D eigenvalue weighted by molar-refractivity contribution is 6.02. The molecular formula is C22H24O2. The zero-order valence-corrected chi connectivity index (χ0v) is 14.0. The Labute approximate surface area is 143 Å². The standard InChI is InChI=1S/C22H24O2/c23-15-5-8-17-14(11-15)3-7-19-18(17)9-10-21-20(19)6-2-13-1-4-16(24)12-22(13)21/h1-2,4,6,12,14,17-19,21H,3,5,7-11H2. The van der Waals surface area contributed by atoms with Crippen LogP contribution in [0.2, 0.25) is 0 Å². The van der Waals surface area contributed by atoms with Crippen molar-refractivity contribution in [1.29, 1.82) is 0 Å². The molecule has 0 N–H and O–H groups in total. The highest BCUT2D eigenvalue weighted by atomic mass is 16.1. The Morgan fingerprint density at radius 1 is 0.875 bits per heavy atom. The van der Waals surface area contributed by atoms with E-state index in [1.165, 1.54) is 36.8 Å². The lowest BCUT2D eigenvalue weighted by Crippen LogP contribution is -2.43. The van der Waals surface area contributed by atoms with Gasteiger partial charge in [0.15, 0.2) is 5.78 Å². The van der Waals surface area contributed by atoms with Gasteiger partial charge in [-0.1, -0.05) is 23.8 Å². The van der Waals surface area contributed by atoms with Crippen molar-refractivity contribution in [3.63, 3.8) is 0 Å². The number of fused-ring (bicyclic) bond motifs is 7. The normalized spacial score (nSPS) is 40.5. The molecular weight excluding hydrogens is 296 g/mol. The summed E-state index contributed by atoms with van der Waals surface area (Å²) in [6.07, 6.45) is 17.8. The molecule has 124 valence electrons. The van der Waals surface area contributed by atoms with Crippen molar-refractivity contribution in [3.8, 4) is 0 Å². The van der Waals surface area contributed by atoms with Crippen LogP contribution in [0.4, 0.5) is 0 Å². The first-order valence-electron chi connectivity index (χ1n) is 9.58. The molecule has 0 spiro atoms. The molecule has 24 heavy (non-hydrogen) atoms. The molecule has 5 rings (SSSR count). The van der Waals surface area contributed by atoms with Gasteiger partial charge in [-0.2, -0.15) is 0 Å². The van der Waals surface area contributed by atoms with Crippen LogP contribution >= 0.6 is 0 Å². The number of Topliss-reactive ketones (excluding diaryl/α,β-unsaturated/α-hetero) is 1. The summed E-state index contributed by atoms with van der Waals surface area (Å²) in [7, 11) is 0. The van der Waals surface area contributed by atoms with Crippen molar-refractivity contribution in [1.82, 2.24) is 0 Å². The zero-order chi connectivity index (χ0) is 16.3. The predicted molar refractivity (Wildman–Crippen MR) is 93.2 cm³/mol. The summed E-state index contributed by atoms with van der Waals surface area (Å²) in [4.78, 5) is 23.7. The summed E-state index contributed by atoms with van der Waals surface area (Å²) < 4.78 is 0. The number of ketones is 2. The lowest BCUT2D eigenvalue weighted by molar-refractivity contribution is -0.124. The molecule has 5 atom stereocenters. The van der Waals surface area contributed by atoms with Crippen molar-refractivity contribution in [2.45, 2.75) is 44.9 Å². The second-order valence-electron chi connectivity index (χ2n) is 8.31. The Hall–Kier alpha value is -1.70. The summed E-state index contributed by atoms with van der Waals surface area (Å²) >= 11 is 0. The van der Waals surface area contributed by atoms with Gasteiger partial charge >= 0.3 is 0 Å². The minimum absolute atomic E-state index is 0.139. The highest BCUT2D eigenvalue weighted by Gasteiger charge is 2.47. The van der Waals surface area contributed by atoms with E-state index < -0.39 is 0 Å². The molecule has 0 aromatic heterocycles. The first-order valence-corrected chi connectivity index (χ1v) is 9.58. The van der Waals surface area contributed by atoms with E-state index in [-0.39, 0.29) is 5.78 Å². The summed E-state index contributed by atoms with van der Waals surface area (Å²) in [6.45, 7) is 0. The Morgan fingerprint density at radius 3 is 2.71 bits per heavy atom. The van der Waals surface area contributed by atoms with Gasteiger partial charge in [-0.3, -0.25) is 9.59 Å². The number of carbonyl (C=O) groups is 2. The summed E-state index contributed by atoms with van der Waals surface area (Å²) in [5, 5.41) is 0. The van der Waals surface area contributed by atoms with Gasteiger partial charge < -0.3 is 0 Å². The van der Waals surface area contributed by atoms with E-state index in [1.807, 2.05) is 12.2 Å². The zero-order valence-electron chi connectivity index (χ0n) is 14.0. The quantitative estimate of drug-likeness (QED) is 0.665. The fourth-order valence-electron chi connectivity index (χ4n) is 6.28. The van der Waals surface area contributed by atoms with Gasteiger partial charge in [-0.15, -0.1) is 0 Å². The number of carbonyl (C=O) groups excluding carboxylic acids is 2.